The highest BCUT2D eigenvalue weighted by Gasteiger charge is 2.09. The van der Waals surface area contributed by atoms with Gasteiger partial charge in [-0.1, -0.05) is 0 Å². The zero-order valence-electron chi connectivity index (χ0n) is 8.86. The lowest BCUT2D eigenvalue weighted by molar-refractivity contribution is 0.282. The third-order valence-corrected chi connectivity index (χ3v) is 2.62. The number of nitrogens with one attached hydrogen (secondary N) is 1. The molecule has 1 aliphatic heterocycles. The number of pyridine rings is 1. The highest BCUT2D eigenvalue weighted by atomic mass is 79.9. The lowest BCUT2D eigenvalue weighted by atomic mass is 10.4. The maximum atomic E-state index is 11.8. The van der Waals surface area contributed by atoms with E-state index in [4.69, 9.17) is 4.74 Å². The number of aryl methyl sites for hydroxylation is 1. The molecule has 0 radical (unpaired) electrons. The molecule has 2 rings (SSSR count). The van der Waals surface area contributed by atoms with Crippen LogP contribution in [-0.2, 0) is 11.8 Å². The minimum atomic E-state index is -0.111. The number of ether oxygens (including phenoxy) is 1. The molecule has 1 aromatic rings. The Morgan fingerprint density at radius 3 is 3.12 bits per heavy atom. The second-order valence-electron chi connectivity index (χ2n) is 3.50. The van der Waals surface area contributed by atoms with E-state index in [-0.39, 0.29) is 5.56 Å². The molecule has 6 heteroatoms. The van der Waals surface area contributed by atoms with Gasteiger partial charge < -0.3 is 14.6 Å². The van der Waals surface area contributed by atoms with Crippen molar-refractivity contribution < 1.29 is 4.74 Å². The van der Waals surface area contributed by atoms with Gasteiger partial charge >= 0.3 is 0 Å². The van der Waals surface area contributed by atoms with Gasteiger partial charge in [0.2, 0.25) is 0 Å². The van der Waals surface area contributed by atoms with Gasteiger partial charge in [-0.25, -0.2) is 4.99 Å². The van der Waals surface area contributed by atoms with Gasteiger partial charge in [0, 0.05) is 30.7 Å². The topological polar surface area (TPSA) is 55.6 Å². The Morgan fingerprint density at radius 1 is 1.62 bits per heavy atom. The molecule has 0 aliphatic carbocycles. The van der Waals surface area contributed by atoms with Crippen LogP contribution in [0.1, 0.15) is 6.42 Å². The second kappa shape index (κ2) is 4.69. The van der Waals surface area contributed by atoms with Crippen LogP contribution in [0.25, 0.3) is 0 Å². The Balaban J connectivity index is 2.27. The van der Waals surface area contributed by atoms with Crippen LogP contribution >= 0.6 is 15.9 Å². The zero-order chi connectivity index (χ0) is 11.5. The minimum Gasteiger partial charge on any atom is -0.465 e. The molecule has 0 amide bonds. The Bertz CT molecular complexity index is 481. The Kier molecular flexibility index (Phi) is 3.28. The van der Waals surface area contributed by atoms with Crippen LogP contribution in [0.2, 0.25) is 0 Å². The average Bonchev–Trinajstić information content (AvgIpc) is 2.27. The van der Waals surface area contributed by atoms with Crippen molar-refractivity contribution in [1.29, 1.82) is 0 Å². The van der Waals surface area contributed by atoms with Crippen LogP contribution in [0.3, 0.4) is 0 Å². The lowest BCUT2D eigenvalue weighted by Crippen LogP contribution is -2.27. The Labute approximate surface area is 101 Å². The van der Waals surface area contributed by atoms with Gasteiger partial charge in [0.15, 0.2) is 0 Å². The van der Waals surface area contributed by atoms with Gasteiger partial charge in [0.1, 0.15) is 5.69 Å². The fourth-order valence-electron chi connectivity index (χ4n) is 1.41. The van der Waals surface area contributed by atoms with Crippen molar-refractivity contribution in [2.24, 2.45) is 12.0 Å². The van der Waals surface area contributed by atoms with E-state index in [2.05, 4.69) is 26.2 Å². The maximum absolute atomic E-state index is 11.8. The summed E-state index contributed by atoms with van der Waals surface area (Å²) in [5, 5.41) is 2.90. The van der Waals surface area contributed by atoms with E-state index >= 15 is 0 Å². The molecule has 1 aliphatic rings. The summed E-state index contributed by atoms with van der Waals surface area (Å²) >= 11 is 3.33. The van der Waals surface area contributed by atoms with Crippen molar-refractivity contribution in [3.8, 4) is 0 Å². The molecule has 0 aromatic carbocycles. The number of anilines is 1. The molecule has 1 aromatic heterocycles. The maximum Gasteiger partial charge on any atom is 0.289 e. The number of halogens is 1. The summed E-state index contributed by atoms with van der Waals surface area (Å²) in [5.74, 6) is 0. The number of rotatable bonds is 1. The Hall–Kier alpha value is -1.30. The summed E-state index contributed by atoms with van der Waals surface area (Å²) in [6.45, 7) is 1.37. The summed E-state index contributed by atoms with van der Waals surface area (Å²) in [7, 11) is 1.70. The fraction of sp³-hybridized carbons (Fsp3) is 0.400. The van der Waals surface area contributed by atoms with Crippen LogP contribution in [0.4, 0.5) is 5.69 Å². The van der Waals surface area contributed by atoms with Gasteiger partial charge in [0.05, 0.1) is 6.61 Å². The quantitative estimate of drug-likeness (QED) is 0.847. The molecule has 86 valence electrons. The number of nitrogens with zero attached hydrogens (tertiary/aromatic N) is 2. The fourth-order valence-corrected chi connectivity index (χ4v) is 1.95. The van der Waals surface area contributed by atoms with E-state index in [1.165, 1.54) is 4.57 Å². The standard InChI is InChI=1S/C10H12BrN3O2/c1-14-6-7(11)5-8(9(14)15)13-10-12-3-2-4-16-10/h5-6H,2-4H2,1H3,(H,12,13). The largest absolute Gasteiger partial charge is 0.465 e. The van der Waals surface area contributed by atoms with E-state index in [0.29, 0.717) is 18.3 Å². The summed E-state index contributed by atoms with van der Waals surface area (Å²) in [4.78, 5) is 15.9. The number of hydrogen-bond acceptors (Lipinski definition) is 4. The van der Waals surface area contributed by atoms with Crippen molar-refractivity contribution >= 4 is 27.6 Å². The predicted octanol–water partition coefficient (Wildman–Crippen LogP) is 1.34. The third-order valence-electron chi connectivity index (χ3n) is 2.19. The highest BCUT2D eigenvalue weighted by molar-refractivity contribution is 9.10. The first-order valence-electron chi connectivity index (χ1n) is 4.97. The minimum absolute atomic E-state index is 0.111. The molecule has 5 nitrogen and oxygen atoms in total. The van der Waals surface area contributed by atoms with Crippen molar-refractivity contribution in [3.63, 3.8) is 0 Å². The molecule has 0 fully saturated rings. The van der Waals surface area contributed by atoms with E-state index in [9.17, 15) is 4.79 Å². The van der Waals surface area contributed by atoms with Crippen LogP contribution in [0.15, 0.2) is 26.5 Å². The summed E-state index contributed by atoms with van der Waals surface area (Å²) in [6.07, 6.45) is 2.62. The Morgan fingerprint density at radius 2 is 2.44 bits per heavy atom. The molecule has 2 heterocycles. The van der Waals surface area contributed by atoms with Crippen molar-refractivity contribution in [2.45, 2.75) is 6.42 Å². The number of amidine groups is 1. The number of aliphatic imine (C=N–C) groups is 1. The summed E-state index contributed by atoms with van der Waals surface area (Å²) in [5.41, 5.74) is 0.345. The van der Waals surface area contributed by atoms with E-state index in [1.54, 1.807) is 19.3 Å². The number of aromatic nitrogens is 1. The monoisotopic (exact) mass is 285 g/mol. The van der Waals surface area contributed by atoms with Crippen molar-refractivity contribution in [1.82, 2.24) is 4.57 Å². The zero-order valence-corrected chi connectivity index (χ0v) is 10.5. The number of hydrogen-bond donors (Lipinski definition) is 1. The van der Waals surface area contributed by atoms with E-state index < -0.39 is 0 Å². The molecule has 16 heavy (non-hydrogen) atoms. The average molecular weight is 286 g/mol. The molecule has 0 saturated heterocycles. The molecule has 0 atom stereocenters. The van der Waals surface area contributed by atoms with E-state index in [1.807, 2.05) is 0 Å². The predicted molar refractivity (Wildman–Crippen MR) is 65.9 cm³/mol. The van der Waals surface area contributed by atoms with Crippen molar-refractivity contribution in [3.05, 3.63) is 27.1 Å². The van der Waals surface area contributed by atoms with Gasteiger partial charge in [-0.05, 0) is 22.0 Å². The smallest absolute Gasteiger partial charge is 0.289 e. The first kappa shape index (κ1) is 11.2. The van der Waals surface area contributed by atoms with Crippen LogP contribution in [0.5, 0.6) is 0 Å². The van der Waals surface area contributed by atoms with Crippen LogP contribution in [-0.4, -0.2) is 23.7 Å². The highest BCUT2D eigenvalue weighted by Crippen LogP contribution is 2.12. The molecule has 1 N–H and O–H groups in total. The molecular formula is C10H12BrN3O2. The van der Waals surface area contributed by atoms with Gasteiger partial charge in [-0.3, -0.25) is 4.79 Å². The van der Waals surface area contributed by atoms with Gasteiger partial charge in [0.25, 0.3) is 11.6 Å². The molecule has 0 unspecified atom stereocenters. The second-order valence-corrected chi connectivity index (χ2v) is 4.42. The first-order chi connectivity index (χ1) is 7.66. The normalized spacial score (nSPS) is 15.2. The van der Waals surface area contributed by atoms with Crippen molar-refractivity contribution in [2.75, 3.05) is 18.5 Å². The molecule has 0 spiro atoms. The lowest BCUT2D eigenvalue weighted by Gasteiger charge is -2.15. The summed E-state index contributed by atoms with van der Waals surface area (Å²) in [6, 6.07) is 2.13. The molecule has 0 saturated carbocycles. The van der Waals surface area contributed by atoms with Crippen LogP contribution < -0.4 is 10.9 Å². The molecule has 0 bridgehead atoms. The third kappa shape index (κ3) is 2.44. The SMILES string of the molecule is Cn1cc(Br)cc(NC2=NCCCO2)c1=O. The van der Waals surface area contributed by atoms with Crippen LogP contribution in [0, 0.1) is 0 Å². The van der Waals surface area contributed by atoms with Gasteiger partial charge in [-0.2, -0.15) is 0 Å². The first-order valence-corrected chi connectivity index (χ1v) is 5.76. The van der Waals surface area contributed by atoms with E-state index in [0.717, 1.165) is 17.4 Å². The van der Waals surface area contributed by atoms with Gasteiger partial charge in [-0.15, -0.1) is 0 Å². The summed E-state index contributed by atoms with van der Waals surface area (Å²) < 4.78 is 7.62. The molecular weight excluding hydrogens is 274 g/mol.